The van der Waals surface area contributed by atoms with Crippen molar-refractivity contribution < 1.29 is 19.1 Å². The molecule has 0 saturated carbocycles. The highest BCUT2D eigenvalue weighted by molar-refractivity contribution is 8.15. The van der Waals surface area contributed by atoms with Crippen LogP contribution in [-0.2, 0) is 14.3 Å². The lowest BCUT2D eigenvalue weighted by Gasteiger charge is -2.32. The Morgan fingerprint density at radius 3 is 2.60 bits per heavy atom. The molecule has 0 spiro atoms. The Kier molecular flexibility index (Phi) is 4.85. The zero-order chi connectivity index (χ0) is 18.1. The van der Waals surface area contributed by atoms with Gasteiger partial charge in [-0.25, -0.2) is 9.79 Å². The Morgan fingerprint density at radius 2 is 2.00 bits per heavy atom. The first-order valence-electron chi connectivity index (χ1n) is 8.08. The summed E-state index contributed by atoms with van der Waals surface area (Å²) in [6.07, 6.45) is 0. The topological polar surface area (TPSA) is 68.2 Å². The number of carbonyl (C=O) groups is 2. The van der Waals surface area contributed by atoms with E-state index in [9.17, 15) is 9.59 Å². The van der Waals surface area contributed by atoms with Crippen LogP contribution in [-0.4, -0.2) is 40.9 Å². The first kappa shape index (κ1) is 17.5. The average Bonchev–Trinajstić information content (AvgIpc) is 2.88. The fraction of sp³-hybridized carbons (Fsp3) is 0.389. The van der Waals surface area contributed by atoms with Crippen LogP contribution in [0.5, 0.6) is 5.75 Å². The van der Waals surface area contributed by atoms with Crippen LogP contribution in [0.3, 0.4) is 0 Å². The highest BCUT2D eigenvalue weighted by atomic mass is 32.2. The second-order valence-corrected chi connectivity index (χ2v) is 7.07. The van der Waals surface area contributed by atoms with Gasteiger partial charge in [-0.05, 0) is 38.5 Å². The summed E-state index contributed by atoms with van der Waals surface area (Å²) in [5.41, 5.74) is 1.78. The van der Waals surface area contributed by atoms with E-state index in [1.165, 1.54) is 18.9 Å². The number of aliphatic imine (C=N–C) groups is 1. The molecule has 2 heterocycles. The second kappa shape index (κ2) is 6.92. The lowest BCUT2D eigenvalue weighted by Crippen LogP contribution is -2.40. The number of fused-ring (bicyclic) bond motifs is 1. The largest absolute Gasteiger partial charge is 0.494 e. The number of carbonyl (C=O) groups excluding carboxylic acids is 2. The Labute approximate surface area is 150 Å². The van der Waals surface area contributed by atoms with E-state index >= 15 is 0 Å². The normalized spacial score (nSPS) is 22.6. The minimum Gasteiger partial charge on any atom is -0.494 e. The van der Waals surface area contributed by atoms with E-state index in [2.05, 4.69) is 4.99 Å². The Morgan fingerprint density at radius 1 is 1.32 bits per heavy atom. The Balaban J connectivity index is 2.09. The maximum atomic E-state index is 12.7. The average molecular weight is 360 g/mol. The number of amides is 1. The molecule has 1 aromatic carbocycles. The summed E-state index contributed by atoms with van der Waals surface area (Å²) >= 11 is 1.41. The van der Waals surface area contributed by atoms with Gasteiger partial charge in [-0.1, -0.05) is 23.9 Å². The number of rotatable bonds is 4. The van der Waals surface area contributed by atoms with E-state index in [1.54, 1.807) is 11.8 Å². The van der Waals surface area contributed by atoms with Gasteiger partial charge in [0.2, 0.25) is 5.91 Å². The zero-order valence-corrected chi connectivity index (χ0v) is 15.4. The predicted octanol–water partition coefficient (Wildman–Crippen LogP) is 2.91. The van der Waals surface area contributed by atoms with Crippen molar-refractivity contribution in [3.05, 3.63) is 41.1 Å². The molecule has 1 fully saturated rings. The van der Waals surface area contributed by atoms with E-state index in [4.69, 9.17) is 9.47 Å². The molecule has 1 aromatic rings. The molecular formula is C18H20N2O4S. The maximum absolute atomic E-state index is 12.7. The fourth-order valence-electron chi connectivity index (χ4n) is 3.00. The molecule has 0 N–H and O–H groups in total. The summed E-state index contributed by atoms with van der Waals surface area (Å²) in [6, 6.07) is 6.88. The number of thioether (sulfide) groups is 1. The van der Waals surface area contributed by atoms with Crippen LogP contribution >= 0.6 is 11.8 Å². The minimum atomic E-state index is -0.541. The fourth-order valence-corrected chi connectivity index (χ4v) is 4.03. The molecule has 2 aliphatic heterocycles. The van der Waals surface area contributed by atoms with Gasteiger partial charge in [0.15, 0.2) is 5.17 Å². The molecule has 0 aliphatic carbocycles. The maximum Gasteiger partial charge on any atom is 0.338 e. The number of amidine groups is 1. The molecule has 2 atom stereocenters. The lowest BCUT2D eigenvalue weighted by atomic mass is 9.94. The third-order valence-corrected chi connectivity index (χ3v) is 5.22. The Bertz CT molecular complexity index is 770. The van der Waals surface area contributed by atoms with Crippen LogP contribution in [0.15, 0.2) is 40.5 Å². The molecule has 25 heavy (non-hydrogen) atoms. The number of hydrogen-bond donors (Lipinski definition) is 0. The third kappa shape index (κ3) is 3.04. The highest BCUT2D eigenvalue weighted by Gasteiger charge is 2.46. The summed E-state index contributed by atoms with van der Waals surface area (Å²) in [5, 5.41) is 0.398. The number of allylic oxidation sites excluding steroid dienone is 1. The van der Waals surface area contributed by atoms with Gasteiger partial charge >= 0.3 is 5.97 Å². The Hall–Kier alpha value is -2.28. The van der Waals surface area contributed by atoms with Crippen molar-refractivity contribution in [3.8, 4) is 5.75 Å². The molecule has 7 heteroatoms. The number of benzene rings is 1. The van der Waals surface area contributed by atoms with Crippen molar-refractivity contribution in [3.63, 3.8) is 0 Å². The van der Waals surface area contributed by atoms with Gasteiger partial charge in [0.25, 0.3) is 0 Å². The second-order valence-electron chi connectivity index (χ2n) is 5.76. The molecule has 1 saturated heterocycles. The van der Waals surface area contributed by atoms with E-state index in [0.29, 0.717) is 23.0 Å². The number of esters is 1. The minimum absolute atomic E-state index is 0.0588. The quantitative estimate of drug-likeness (QED) is 0.772. The van der Waals surface area contributed by atoms with Gasteiger partial charge in [0, 0.05) is 0 Å². The summed E-state index contributed by atoms with van der Waals surface area (Å²) in [7, 11) is 1.33. The van der Waals surface area contributed by atoms with Crippen molar-refractivity contribution in [1.82, 2.24) is 4.90 Å². The summed E-state index contributed by atoms with van der Waals surface area (Å²) < 4.78 is 10.4. The standard InChI is InChI=1S/C18H20N2O4S/c1-5-24-13-8-6-12(7-9-13)15-14(17(22)23-4)10(2)19-18-20(15)16(21)11(3)25-18/h6-9,11,15H,5H2,1-4H3/t11-,15-/m0/s1. The number of nitrogens with zero attached hydrogens (tertiary/aromatic N) is 2. The van der Waals surface area contributed by atoms with Crippen LogP contribution in [0.1, 0.15) is 32.4 Å². The van der Waals surface area contributed by atoms with Gasteiger partial charge in [0.1, 0.15) is 5.75 Å². The number of methoxy groups -OCH3 is 1. The molecule has 3 rings (SSSR count). The monoisotopic (exact) mass is 360 g/mol. The number of ether oxygens (including phenoxy) is 2. The molecule has 6 nitrogen and oxygen atoms in total. The first-order valence-corrected chi connectivity index (χ1v) is 8.96. The van der Waals surface area contributed by atoms with E-state index in [1.807, 2.05) is 38.1 Å². The van der Waals surface area contributed by atoms with Crippen LogP contribution in [0, 0.1) is 0 Å². The van der Waals surface area contributed by atoms with Crippen molar-refractivity contribution in [2.45, 2.75) is 32.1 Å². The van der Waals surface area contributed by atoms with Gasteiger partial charge < -0.3 is 9.47 Å². The van der Waals surface area contributed by atoms with Crippen LogP contribution in [0.2, 0.25) is 0 Å². The van der Waals surface area contributed by atoms with E-state index in [0.717, 1.165) is 11.3 Å². The molecule has 0 radical (unpaired) electrons. The molecule has 1 amide bonds. The van der Waals surface area contributed by atoms with Gasteiger partial charge in [0.05, 0.1) is 36.3 Å². The predicted molar refractivity (Wildman–Crippen MR) is 96.4 cm³/mol. The van der Waals surface area contributed by atoms with Crippen molar-refractivity contribution in [1.29, 1.82) is 0 Å². The molecule has 0 aromatic heterocycles. The van der Waals surface area contributed by atoms with Gasteiger partial charge in [-0.15, -0.1) is 0 Å². The number of hydrogen-bond acceptors (Lipinski definition) is 6. The van der Waals surface area contributed by atoms with Crippen LogP contribution in [0.4, 0.5) is 0 Å². The molecular weight excluding hydrogens is 340 g/mol. The molecule has 0 unspecified atom stereocenters. The summed E-state index contributed by atoms with van der Waals surface area (Å²) in [4.78, 5) is 31.1. The van der Waals surface area contributed by atoms with Crippen molar-refractivity contribution >= 4 is 28.8 Å². The molecule has 2 aliphatic rings. The van der Waals surface area contributed by atoms with Crippen molar-refractivity contribution in [2.75, 3.05) is 13.7 Å². The third-order valence-electron chi connectivity index (χ3n) is 4.17. The zero-order valence-electron chi connectivity index (χ0n) is 14.6. The lowest BCUT2D eigenvalue weighted by molar-refractivity contribution is -0.137. The first-order chi connectivity index (χ1) is 12.0. The van der Waals surface area contributed by atoms with Gasteiger partial charge in [-0.2, -0.15) is 0 Å². The van der Waals surface area contributed by atoms with E-state index in [-0.39, 0.29) is 11.2 Å². The molecule has 132 valence electrons. The summed E-state index contributed by atoms with van der Waals surface area (Å²) in [6.45, 7) is 6.11. The summed E-state index contributed by atoms with van der Waals surface area (Å²) in [5.74, 6) is 0.208. The van der Waals surface area contributed by atoms with E-state index < -0.39 is 12.0 Å². The van der Waals surface area contributed by atoms with Gasteiger partial charge in [-0.3, -0.25) is 9.69 Å². The van der Waals surface area contributed by atoms with Crippen LogP contribution < -0.4 is 4.74 Å². The molecule has 0 bridgehead atoms. The SMILES string of the molecule is CCOc1ccc([C@H]2C(C(=O)OC)=C(C)N=C3S[C@@H](C)C(=O)N32)cc1. The highest BCUT2D eigenvalue weighted by Crippen LogP contribution is 2.43. The van der Waals surface area contributed by atoms with Crippen molar-refractivity contribution in [2.24, 2.45) is 4.99 Å². The van der Waals surface area contributed by atoms with Crippen LogP contribution in [0.25, 0.3) is 0 Å². The smallest absolute Gasteiger partial charge is 0.338 e.